The molecule has 0 saturated carbocycles. The van der Waals surface area contributed by atoms with E-state index < -0.39 is 20.9 Å². The van der Waals surface area contributed by atoms with Crippen LogP contribution in [0.3, 0.4) is 0 Å². The van der Waals surface area contributed by atoms with Crippen LogP contribution < -0.4 is 5.32 Å². The van der Waals surface area contributed by atoms with Crippen LogP contribution in [0.15, 0.2) is 51.8 Å². The van der Waals surface area contributed by atoms with Crippen LogP contribution in [-0.4, -0.2) is 36.6 Å². The van der Waals surface area contributed by atoms with Crippen molar-refractivity contribution in [2.75, 3.05) is 18.4 Å². The second-order valence-electron chi connectivity index (χ2n) is 6.73. The number of hydrogen-bond donors (Lipinski definition) is 1. The first-order valence-corrected chi connectivity index (χ1v) is 11.4. The summed E-state index contributed by atoms with van der Waals surface area (Å²) in [4.78, 5) is 23.0. The number of anilines is 1. The minimum atomic E-state index is -3.75. The van der Waals surface area contributed by atoms with Crippen LogP contribution in [0.4, 0.5) is 11.4 Å². The van der Waals surface area contributed by atoms with Gasteiger partial charge in [0.2, 0.25) is 10.0 Å². The first-order valence-electron chi connectivity index (χ1n) is 9.14. The second-order valence-corrected chi connectivity index (χ2v) is 9.49. The molecule has 1 amide bonds. The molecule has 0 atom stereocenters. The number of rotatable bonds is 5. The lowest BCUT2D eigenvalue weighted by molar-refractivity contribution is -0.384. The van der Waals surface area contributed by atoms with Crippen molar-refractivity contribution in [2.24, 2.45) is 0 Å². The van der Waals surface area contributed by atoms with E-state index in [1.54, 1.807) is 0 Å². The van der Waals surface area contributed by atoms with Crippen molar-refractivity contribution in [1.82, 2.24) is 4.31 Å². The number of carbonyl (C=O) groups excluding carboxylic acids is 1. The van der Waals surface area contributed by atoms with E-state index in [1.807, 2.05) is 0 Å². The van der Waals surface area contributed by atoms with Gasteiger partial charge in [-0.1, -0.05) is 18.9 Å². The third kappa shape index (κ3) is 5.01. The number of halogens is 1. The summed E-state index contributed by atoms with van der Waals surface area (Å²) in [7, 11) is -3.75. The molecule has 0 spiro atoms. The smallest absolute Gasteiger partial charge is 0.271 e. The van der Waals surface area contributed by atoms with E-state index in [-0.39, 0.29) is 21.8 Å². The van der Waals surface area contributed by atoms with Gasteiger partial charge in [0.25, 0.3) is 11.6 Å². The summed E-state index contributed by atoms with van der Waals surface area (Å²) >= 11 is 3.28. The van der Waals surface area contributed by atoms with Crippen LogP contribution >= 0.6 is 15.9 Å². The van der Waals surface area contributed by atoms with Gasteiger partial charge in [0.1, 0.15) is 0 Å². The largest absolute Gasteiger partial charge is 0.322 e. The number of sulfonamides is 1. The Kier molecular flexibility index (Phi) is 6.66. The van der Waals surface area contributed by atoms with Gasteiger partial charge in [-0.2, -0.15) is 4.31 Å². The number of benzene rings is 2. The second kappa shape index (κ2) is 9.02. The SMILES string of the molecule is O=C(Nc1cccc([N+](=O)[O-])c1)c1ccc(Br)c(S(=O)(=O)N2CCCCCC2)c1. The Morgan fingerprint density at radius 1 is 1.07 bits per heavy atom. The number of nitrogens with one attached hydrogen (secondary N) is 1. The number of nitro groups is 1. The zero-order valence-corrected chi connectivity index (χ0v) is 17.9. The molecule has 0 radical (unpaired) electrons. The van der Waals surface area contributed by atoms with Crippen LogP contribution in [-0.2, 0) is 10.0 Å². The molecule has 8 nitrogen and oxygen atoms in total. The maximum atomic E-state index is 13.1. The average molecular weight is 482 g/mol. The maximum Gasteiger partial charge on any atom is 0.271 e. The molecular weight excluding hydrogens is 462 g/mol. The van der Waals surface area contributed by atoms with E-state index in [4.69, 9.17) is 0 Å². The molecule has 1 N–H and O–H groups in total. The lowest BCUT2D eigenvalue weighted by Crippen LogP contribution is -2.32. The average Bonchev–Trinajstić information content (AvgIpc) is 2.98. The standard InChI is InChI=1S/C19H20BrN3O5S/c20-17-9-8-14(19(24)21-15-6-5-7-16(13-15)23(25)26)12-18(17)29(27,28)22-10-3-1-2-4-11-22/h5-9,12-13H,1-4,10-11H2,(H,21,24). The maximum absolute atomic E-state index is 13.1. The summed E-state index contributed by atoms with van der Waals surface area (Å²) in [6.45, 7) is 0.914. The topological polar surface area (TPSA) is 110 Å². The quantitative estimate of drug-likeness (QED) is 0.508. The van der Waals surface area contributed by atoms with Gasteiger partial charge in [0, 0.05) is 40.9 Å². The highest BCUT2D eigenvalue weighted by Crippen LogP contribution is 2.28. The van der Waals surface area contributed by atoms with Crippen LogP contribution in [0.2, 0.25) is 0 Å². The van der Waals surface area contributed by atoms with Gasteiger partial charge in [-0.25, -0.2) is 8.42 Å². The number of nitrogens with zero attached hydrogens (tertiary/aromatic N) is 2. The van der Waals surface area contributed by atoms with Crippen molar-refractivity contribution in [1.29, 1.82) is 0 Å². The normalized spacial score (nSPS) is 15.5. The molecule has 2 aromatic carbocycles. The third-order valence-corrected chi connectivity index (χ3v) is 7.58. The monoisotopic (exact) mass is 481 g/mol. The number of hydrogen-bond acceptors (Lipinski definition) is 5. The van der Waals surface area contributed by atoms with E-state index in [2.05, 4.69) is 21.2 Å². The predicted octanol–water partition coefficient (Wildman–Crippen LogP) is 4.17. The summed E-state index contributed by atoms with van der Waals surface area (Å²) in [5.41, 5.74) is 0.250. The van der Waals surface area contributed by atoms with Gasteiger partial charge in [0.05, 0.1) is 9.82 Å². The summed E-state index contributed by atoms with van der Waals surface area (Å²) in [6.07, 6.45) is 3.62. The van der Waals surface area contributed by atoms with E-state index in [9.17, 15) is 23.3 Å². The lowest BCUT2D eigenvalue weighted by atomic mass is 10.2. The fourth-order valence-corrected chi connectivity index (χ4v) is 5.63. The van der Waals surface area contributed by atoms with Gasteiger partial charge in [-0.15, -0.1) is 0 Å². The first kappa shape index (κ1) is 21.4. The minimum Gasteiger partial charge on any atom is -0.322 e. The Bertz CT molecular complexity index is 1030. The van der Waals surface area contributed by atoms with E-state index in [0.29, 0.717) is 17.6 Å². The summed E-state index contributed by atoms with van der Waals surface area (Å²) < 4.78 is 28.0. The first-order chi connectivity index (χ1) is 13.8. The molecule has 2 aromatic rings. The zero-order valence-electron chi connectivity index (χ0n) is 15.5. The molecule has 3 rings (SSSR count). The van der Waals surface area contributed by atoms with Crippen molar-refractivity contribution < 1.29 is 18.1 Å². The fourth-order valence-electron chi connectivity index (χ4n) is 3.16. The Morgan fingerprint density at radius 2 is 1.76 bits per heavy atom. The molecule has 1 saturated heterocycles. The number of amides is 1. The van der Waals surface area contributed by atoms with Gasteiger partial charge in [-0.3, -0.25) is 14.9 Å². The molecule has 0 aromatic heterocycles. The molecule has 1 fully saturated rings. The highest BCUT2D eigenvalue weighted by atomic mass is 79.9. The fraction of sp³-hybridized carbons (Fsp3) is 0.316. The lowest BCUT2D eigenvalue weighted by Gasteiger charge is -2.21. The summed E-state index contributed by atoms with van der Waals surface area (Å²) in [5.74, 6) is -0.551. The molecule has 154 valence electrons. The Labute approximate surface area is 177 Å². The van der Waals surface area contributed by atoms with E-state index in [0.717, 1.165) is 25.7 Å². The molecule has 0 aliphatic carbocycles. The summed E-state index contributed by atoms with van der Waals surface area (Å²) in [5, 5.41) is 13.5. The van der Waals surface area contributed by atoms with Gasteiger partial charge >= 0.3 is 0 Å². The van der Waals surface area contributed by atoms with Crippen molar-refractivity contribution >= 4 is 43.2 Å². The molecule has 1 heterocycles. The summed E-state index contributed by atoms with van der Waals surface area (Å²) in [6, 6.07) is 9.90. The molecule has 29 heavy (non-hydrogen) atoms. The number of carbonyl (C=O) groups is 1. The van der Waals surface area contributed by atoms with Crippen molar-refractivity contribution in [2.45, 2.75) is 30.6 Å². The molecule has 0 bridgehead atoms. The van der Waals surface area contributed by atoms with Crippen molar-refractivity contribution in [3.63, 3.8) is 0 Å². The van der Waals surface area contributed by atoms with Gasteiger partial charge in [0.15, 0.2) is 0 Å². The van der Waals surface area contributed by atoms with E-state index in [1.165, 1.54) is 46.8 Å². The Morgan fingerprint density at radius 3 is 2.41 bits per heavy atom. The van der Waals surface area contributed by atoms with Gasteiger partial charge < -0.3 is 5.32 Å². The zero-order chi connectivity index (χ0) is 21.0. The van der Waals surface area contributed by atoms with Crippen LogP contribution in [0.5, 0.6) is 0 Å². The van der Waals surface area contributed by atoms with E-state index >= 15 is 0 Å². The van der Waals surface area contributed by atoms with Crippen molar-refractivity contribution in [3.05, 3.63) is 62.6 Å². The highest BCUT2D eigenvalue weighted by Gasteiger charge is 2.28. The van der Waals surface area contributed by atoms with Crippen LogP contribution in [0.25, 0.3) is 0 Å². The Hall–Kier alpha value is -2.30. The third-order valence-electron chi connectivity index (χ3n) is 4.69. The number of non-ortho nitro benzene ring substituents is 1. The minimum absolute atomic E-state index is 0.0334. The van der Waals surface area contributed by atoms with Gasteiger partial charge in [-0.05, 0) is 53.0 Å². The molecule has 1 aliphatic heterocycles. The number of nitro benzene ring substituents is 1. The molecule has 10 heteroatoms. The molecule has 1 aliphatic rings. The molecule has 0 unspecified atom stereocenters. The Balaban J connectivity index is 1.87. The predicted molar refractivity (Wildman–Crippen MR) is 112 cm³/mol. The molecular formula is C19H20BrN3O5S. The van der Waals surface area contributed by atoms with Crippen molar-refractivity contribution in [3.8, 4) is 0 Å². The van der Waals surface area contributed by atoms with Crippen LogP contribution in [0.1, 0.15) is 36.0 Å². The highest BCUT2D eigenvalue weighted by molar-refractivity contribution is 9.10. The van der Waals surface area contributed by atoms with Crippen LogP contribution in [0, 0.1) is 10.1 Å².